The maximum absolute atomic E-state index is 5.96. The van der Waals surface area contributed by atoms with Gasteiger partial charge in [0.05, 0.1) is 13.3 Å². The van der Waals surface area contributed by atoms with Gasteiger partial charge in [-0.05, 0) is 19.9 Å². The van der Waals surface area contributed by atoms with E-state index in [1.807, 2.05) is 49.1 Å². The molecule has 5 nitrogen and oxygen atoms in total. The minimum absolute atomic E-state index is 0.0886. The number of hydrogen-bond acceptors (Lipinski definition) is 4. The predicted octanol–water partition coefficient (Wildman–Crippen LogP) is 2.51. The molecule has 108 valence electrons. The fraction of sp³-hybridized carbons (Fsp3) is 0.400. The van der Waals surface area contributed by atoms with Crippen LogP contribution in [0.1, 0.15) is 31.0 Å². The summed E-state index contributed by atoms with van der Waals surface area (Å²) >= 11 is 0. The Kier molecular flexibility index (Phi) is 4.63. The predicted molar refractivity (Wildman–Crippen MR) is 77.8 cm³/mol. The summed E-state index contributed by atoms with van der Waals surface area (Å²) in [5, 5.41) is 4.23. The van der Waals surface area contributed by atoms with Gasteiger partial charge in [0.15, 0.2) is 0 Å². The summed E-state index contributed by atoms with van der Waals surface area (Å²) < 4.78 is 13.0. The van der Waals surface area contributed by atoms with Crippen LogP contribution < -0.4 is 15.2 Å². The Morgan fingerprint density at radius 2 is 2.20 bits per heavy atom. The molecule has 0 unspecified atom stereocenters. The zero-order valence-electron chi connectivity index (χ0n) is 12.2. The van der Waals surface area contributed by atoms with E-state index in [0.29, 0.717) is 6.61 Å². The van der Waals surface area contributed by atoms with Crippen LogP contribution in [0.25, 0.3) is 0 Å². The van der Waals surface area contributed by atoms with Crippen LogP contribution in [0.5, 0.6) is 11.5 Å². The van der Waals surface area contributed by atoms with Crippen molar-refractivity contribution in [2.24, 2.45) is 5.73 Å². The Morgan fingerprint density at radius 1 is 1.40 bits per heavy atom. The van der Waals surface area contributed by atoms with E-state index in [1.165, 1.54) is 0 Å². The number of rotatable bonds is 6. The van der Waals surface area contributed by atoms with Crippen molar-refractivity contribution in [2.75, 3.05) is 7.11 Å². The summed E-state index contributed by atoms with van der Waals surface area (Å²) in [6.45, 7) is 5.30. The molecule has 0 fully saturated rings. The maximum atomic E-state index is 5.96. The quantitative estimate of drug-likeness (QED) is 0.880. The van der Waals surface area contributed by atoms with Gasteiger partial charge < -0.3 is 15.2 Å². The van der Waals surface area contributed by atoms with E-state index in [2.05, 4.69) is 5.10 Å². The standard InChI is InChI=1S/C15H21N3O2/c1-4-18-9-12(8-17-18)10-20-15-7-13(19-3)5-6-14(15)11(2)16/h5-9,11H,4,10,16H2,1-3H3/t11-/m1/s1. The number of ether oxygens (including phenoxy) is 2. The molecule has 0 aliphatic carbocycles. The summed E-state index contributed by atoms with van der Waals surface area (Å²) in [5.74, 6) is 1.51. The highest BCUT2D eigenvalue weighted by atomic mass is 16.5. The molecule has 1 aromatic heterocycles. The second kappa shape index (κ2) is 6.43. The average molecular weight is 275 g/mol. The number of hydrogen-bond donors (Lipinski definition) is 1. The molecule has 0 saturated heterocycles. The molecule has 0 aliphatic rings. The van der Waals surface area contributed by atoms with Gasteiger partial charge in [0.25, 0.3) is 0 Å². The lowest BCUT2D eigenvalue weighted by atomic mass is 10.1. The molecule has 2 rings (SSSR count). The first-order valence-electron chi connectivity index (χ1n) is 6.71. The number of nitrogens with zero attached hydrogens (tertiary/aromatic N) is 2. The lowest BCUT2D eigenvalue weighted by Gasteiger charge is -2.14. The van der Waals surface area contributed by atoms with Crippen molar-refractivity contribution in [1.82, 2.24) is 9.78 Å². The molecular formula is C15H21N3O2. The van der Waals surface area contributed by atoms with Crippen molar-refractivity contribution in [1.29, 1.82) is 0 Å². The topological polar surface area (TPSA) is 62.3 Å². The summed E-state index contributed by atoms with van der Waals surface area (Å²) in [6, 6.07) is 5.60. The monoisotopic (exact) mass is 275 g/mol. The maximum Gasteiger partial charge on any atom is 0.128 e. The van der Waals surface area contributed by atoms with E-state index < -0.39 is 0 Å². The van der Waals surface area contributed by atoms with Crippen LogP contribution in [-0.4, -0.2) is 16.9 Å². The summed E-state index contributed by atoms with van der Waals surface area (Å²) in [6.07, 6.45) is 3.79. The van der Waals surface area contributed by atoms with Crippen molar-refractivity contribution >= 4 is 0 Å². The molecule has 20 heavy (non-hydrogen) atoms. The molecule has 1 aromatic carbocycles. The van der Waals surface area contributed by atoms with E-state index in [1.54, 1.807) is 7.11 Å². The zero-order valence-corrected chi connectivity index (χ0v) is 12.2. The van der Waals surface area contributed by atoms with E-state index >= 15 is 0 Å². The molecule has 1 heterocycles. The Balaban J connectivity index is 2.14. The van der Waals surface area contributed by atoms with Crippen LogP contribution >= 0.6 is 0 Å². The number of methoxy groups -OCH3 is 1. The number of nitrogens with two attached hydrogens (primary N) is 1. The minimum atomic E-state index is -0.0886. The van der Waals surface area contributed by atoms with Crippen LogP contribution in [0.4, 0.5) is 0 Å². The highest BCUT2D eigenvalue weighted by molar-refractivity contribution is 5.42. The average Bonchev–Trinajstić information content (AvgIpc) is 2.92. The smallest absolute Gasteiger partial charge is 0.128 e. The molecule has 0 amide bonds. The van der Waals surface area contributed by atoms with Crippen molar-refractivity contribution in [2.45, 2.75) is 33.0 Å². The molecule has 5 heteroatoms. The largest absolute Gasteiger partial charge is 0.497 e. The zero-order chi connectivity index (χ0) is 14.5. The van der Waals surface area contributed by atoms with Gasteiger partial charge in [0.1, 0.15) is 18.1 Å². The minimum Gasteiger partial charge on any atom is -0.497 e. The fourth-order valence-electron chi connectivity index (χ4n) is 1.96. The van der Waals surface area contributed by atoms with Gasteiger partial charge >= 0.3 is 0 Å². The molecule has 0 saturated carbocycles. The van der Waals surface area contributed by atoms with E-state index in [0.717, 1.165) is 29.2 Å². The van der Waals surface area contributed by atoms with E-state index in [9.17, 15) is 0 Å². The number of benzene rings is 1. The van der Waals surface area contributed by atoms with Gasteiger partial charge in [-0.1, -0.05) is 6.07 Å². The van der Waals surface area contributed by atoms with Crippen molar-refractivity contribution in [3.8, 4) is 11.5 Å². The molecule has 2 aromatic rings. The lowest BCUT2D eigenvalue weighted by Crippen LogP contribution is -2.08. The first-order chi connectivity index (χ1) is 9.63. The summed E-state index contributed by atoms with van der Waals surface area (Å²) in [7, 11) is 1.63. The van der Waals surface area contributed by atoms with Crippen LogP contribution in [0.3, 0.4) is 0 Å². The van der Waals surface area contributed by atoms with Gasteiger partial charge in [-0.3, -0.25) is 4.68 Å². The Morgan fingerprint density at radius 3 is 2.80 bits per heavy atom. The molecule has 0 bridgehead atoms. The highest BCUT2D eigenvalue weighted by Gasteiger charge is 2.10. The second-order valence-corrected chi connectivity index (χ2v) is 4.69. The summed E-state index contributed by atoms with van der Waals surface area (Å²) in [5.41, 5.74) is 7.96. The second-order valence-electron chi connectivity index (χ2n) is 4.69. The third kappa shape index (κ3) is 3.30. The van der Waals surface area contributed by atoms with E-state index in [-0.39, 0.29) is 6.04 Å². The van der Waals surface area contributed by atoms with Gasteiger partial charge in [-0.25, -0.2) is 0 Å². The molecular weight excluding hydrogens is 254 g/mol. The van der Waals surface area contributed by atoms with Gasteiger partial charge in [0, 0.05) is 36.0 Å². The normalized spacial score (nSPS) is 12.2. The molecule has 1 atom stereocenters. The first kappa shape index (κ1) is 14.4. The molecule has 0 aliphatic heterocycles. The Bertz CT molecular complexity index is 564. The molecule has 0 spiro atoms. The van der Waals surface area contributed by atoms with Crippen LogP contribution in [-0.2, 0) is 13.2 Å². The molecule has 0 radical (unpaired) electrons. The molecule has 2 N–H and O–H groups in total. The number of aryl methyl sites for hydroxylation is 1. The van der Waals surface area contributed by atoms with Gasteiger partial charge in [0.2, 0.25) is 0 Å². The lowest BCUT2D eigenvalue weighted by molar-refractivity contribution is 0.299. The van der Waals surface area contributed by atoms with Crippen molar-refractivity contribution in [3.63, 3.8) is 0 Å². The van der Waals surface area contributed by atoms with Crippen LogP contribution in [0, 0.1) is 0 Å². The third-order valence-corrected chi connectivity index (χ3v) is 3.12. The van der Waals surface area contributed by atoms with Gasteiger partial charge in [-0.15, -0.1) is 0 Å². The third-order valence-electron chi connectivity index (χ3n) is 3.12. The van der Waals surface area contributed by atoms with Crippen molar-refractivity contribution in [3.05, 3.63) is 41.7 Å². The number of aromatic nitrogens is 2. The fourth-order valence-corrected chi connectivity index (χ4v) is 1.96. The van der Waals surface area contributed by atoms with E-state index in [4.69, 9.17) is 15.2 Å². The van der Waals surface area contributed by atoms with Crippen LogP contribution in [0.2, 0.25) is 0 Å². The Labute approximate surface area is 119 Å². The summed E-state index contributed by atoms with van der Waals surface area (Å²) in [4.78, 5) is 0. The Hall–Kier alpha value is -2.01. The van der Waals surface area contributed by atoms with Gasteiger partial charge in [-0.2, -0.15) is 5.10 Å². The SMILES string of the molecule is CCn1cc(COc2cc(OC)ccc2[C@@H](C)N)cn1. The first-order valence-corrected chi connectivity index (χ1v) is 6.71. The van der Waals surface area contributed by atoms with Crippen molar-refractivity contribution < 1.29 is 9.47 Å². The highest BCUT2D eigenvalue weighted by Crippen LogP contribution is 2.29. The van der Waals surface area contributed by atoms with Crippen LogP contribution in [0.15, 0.2) is 30.6 Å².